The van der Waals surface area contributed by atoms with Gasteiger partial charge in [0.25, 0.3) is 5.91 Å². The van der Waals surface area contributed by atoms with E-state index in [1.807, 2.05) is 29.2 Å². The molecule has 2 rings (SSSR count). The number of carbonyl (C=O) groups is 1. The van der Waals surface area contributed by atoms with Crippen LogP contribution in [0, 0.1) is 0 Å². The number of nitrogens with zero attached hydrogens (tertiary/aromatic N) is 1. The Labute approximate surface area is 112 Å². The molecule has 1 aliphatic rings. The van der Waals surface area contributed by atoms with E-state index in [2.05, 4.69) is 0 Å². The number of benzene rings is 1. The topological polar surface area (TPSA) is 86.8 Å². The van der Waals surface area contributed by atoms with Gasteiger partial charge in [0.15, 0.2) is 5.60 Å². The van der Waals surface area contributed by atoms with E-state index in [1.54, 1.807) is 0 Å². The van der Waals surface area contributed by atoms with Crippen molar-refractivity contribution in [3.8, 4) is 0 Å². The van der Waals surface area contributed by atoms with Crippen molar-refractivity contribution in [3.05, 3.63) is 35.4 Å². The fraction of sp³-hybridized carbons (Fsp3) is 0.500. The Hall–Kier alpha value is -1.43. The van der Waals surface area contributed by atoms with E-state index in [0.717, 1.165) is 24.1 Å². The van der Waals surface area contributed by atoms with E-state index < -0.39 is 11.5 Å². The van der Waals surface area contributed by atoms with Gasteiger partial charge in [-0.05, 0) is 30.5 Å². The zero-order chi connectivity index (χ0) is 13.9. The SMILES string of the molecule is NC(=O)[C@]1(O)CCCN(Cc2ccc(CO)cc2)C1. The molecule has 1 heterocycles. The van der Waals surface area contributed by atoms with Crippen molar-refractivity contribution >= 4 is 5.91 Å². The Morgan fingerprint density at radius 2 is 1.95 bits per heavy atom. The molecule has 1 aromatic carbocycles. The summed E-state index contributed by atoms with van der Waals surface area (Å²) in [5.74, 6) is -0.646. The van der Waals surface area contributed by atoms with Crippen LogP contribution in [0.5, 0.6) is 0 Å². The molecule has 104 valence electrons. The number of hydrogen-bond donors (Lipinski definition) is 3. The molecule has 0 spiro atoms. The van der Waals surface area contributed by atoms with Gasteiger partial charge in [0.05, 0.1) is 6.61 Å². The summed E-state index contributed by atoms with van der Waals surface area (Å²) >= 11 is 0. The first-order valence-corrected chi connectivity index (χ1v) is 6.47. The average Bonchev–Trinajstić information content (AvgIpc) is 2.39. The van der Waals surface area contributed by atoms with E-state index in [4.69, 9.17) is 10.8 Å². The summed E-state index contributed by atoms with van der Waals surface area (Å²) in [6, 6.07) is 7.64. The summed E-state index contributed by atoms with van der Waals surface area (Å²) in [4.78, 5) is 13.3. The van der Waals surface area contributed by atoms with Crippen LogP contribution >= 0.6 is 0 Å². The molecule has 1 fully saturated rings. The Morgan fingerprint density at radius 3 is 2.53 bits per heavy atom. The van der Waals surface area contributed by atoms with Crippen LogP contribution in [-0.4, -0.2) is 39.7 Å². The van der Waals surface area contributed by atoms with Crippen LogP contribution < -0.4 is 5.73 Å². The third-order valence-corrected chi connectivity index (χ3v) is 3.62. The minimum Gasteiger partial charge on any atom is -0.392 e. The summed E-state index contributed by atoms with van der Waals surface area (Å²) in [6.07, 6.45) is 1.19. The first-order valence-electron chi connectivity index (χ1n) is 6.47. The summed E-state index contributed by atoms with van der Waals surface area (Å²) in [5, 5.41) is 19.1. The van der Waals surface area contributed by atoms with E-state index in [9.17, 15) is 9.90 Å². The second kappa shape index (κ2) is 5.69. The van der Waals surface area contributed by atoms with Gasteiger partial charge in [0.2, 0.25) is 0 Å². The average molecular weight is 264 g/mol. The lowest BCUT2D eigenvalue weighted by molar-refractivity contribution is -0.142. The second-order valence-corrected chi connectivity index (χ2v) is 5.18. The fourth-order valence-electron chi connectivity index (χ4n) is 2.47. The summed E-state index contributed by atoms with van der Waals surface area (Å²) in [6.45, 7) is 1.83. The van der Waals surface area contributed by atoms with Crippen molar-refractivity contribution in [1.29, 1.82) is 0 Å². The first-order chi connectivity index (χ1) is 9.03. The molecule has 5 heteroatoms. The molecule has 0 radical (unpaired) electrons. The fourth-order valence-corrected chi connectivity index (χ4v) is 2.47. The predicted molar refractivity (Wildman–Crippen MR) is 71.0 cm³/mol. The molecular weight excluding hydrogens is 244 g/mol. The number of amides is 1. The maximum absolute atomic E-state index is 11.3. The number of nitrogens with two attached hydrogens (primary N) is 1. The van der Waals surface area contributed by atoms with E-state index in [-0.39, 0.29) is 13.2 Å². The van der Waals surface area contributed by atoms with Gasteiger partial charge in [-0.25, -0.2) is 0 Å². The van der Waals surface area contributed by atoms with Gasteiger partial charge in [-0.1, -0.05) is 24.3 Å². The van der Waals surface area contributed by atoms with Crippen LogP contribution in [-0.2, 0) is 17.9 Å². The Morgan fingerprint density at radius 1 is 1.32 bits per heavy atom. The highest BCUT2D eigenvalue weighted by Gasteiger charge is 2.38. The third kappa shape index (κ3) is 3.32. The van der Waals surface area contributed by atoms with Gasteiger partial charge in [0.1, 0.15) is 0 Å². The van der Waals surface area contributed by atoms with Crippen LogP contribution in [0.2, 0.25) is 0 Å². The van der Waals surface area contributed by atoms with E-state index >= 15 is 0 Å². The molecular formula is C14H20N2O3. The second-order valence-electron chi connectivity index (χ2n) is 5.18. The molecule has 4 N–H and O–H groups in total. The number of hydrogen-bond acceptors (Lipinski definition) is 4. The van der Waals surface area contributed by atoms with Gasteiger partial charge >= 0.3 is 0 Å². The third-order valence-electron chi connectivity index (χ3n) is 3.62. The lowest BCUT2D eigenvalue weighted by Gasteiger charge is -2.37. The molecule has 0 saturated carbocycles. The number of piperidine rings is 1. The number of β-amino-alcohol motifs (C(OH)–C–C–N with tert-alkyl or cyclic N) is 1. The van der Waals surface area contributed by atoms with Gasteiger partial charge < -0.3 is 15.9 Å². The molecule has 1 aromatic rings. The van der Waals surface area contributed by atoms with Gasteiger partial charge in [0, 0.05) is 13.1 Å². The molecule has 0 unspecified atom stereocenters. The van der Waals surface area contributed by atoms with E-state index in [0.29, 0.717) is 13.0 Å². The molecule has 5 nitrogen and oxygen atoms in total. The number of likely N-dealkylation sites (tertiary alicyclic amines) is 1. The van der Waals surface area contributed by atoms with Gasteiger partial charge in [-0.15, -0.1) is 0 Å². The van der Waals surface area contributed by atoms with Gasteiger partial charge in [-0.3, -0.25) is 9.69 Å². The maximum atomic E-state index is 11.3. The van der Waals surface area contributed by atoms with Crippen molar-refractivity contribution < 1.29 is 15.0 Å². The smallest absolute Gasteiger partial charge is 0.250 e. The minimum absolute atomic E-state index is 0.0332. The van der Waals surface area contributed by atoms with Crippen LogP contribution in [0.1, 0.15) is 24.0 Å². The molecule has 0 aromatic heterocycles. The molecule has 0 bridgehead atoms. The largest absolute Gasteiger partial charge is 0.392 e. The quantitative estimate of drug-likeness (QED) is 0.714. The summed E-state index contributed by atoms with van der Waals surface area (Å²) in [7, 11) is 0. The van der Waals surface area contributed by atoms with Crippen LogP contribution in [0.25, 0.3) is 0 Å². The number of rotatable bonds is 4. The van der Waals surface area contributed by atoms with Crippen molar-refractivity contribution in [3.63, 3.8) is 0 Å². The Balaban J connectivity index is 2.00. The molecule has 1 amide bonds. The number of aliphatic hydroxyl groups excluding tert-OH is 1. The summed E-state index contributed by atoms with van der Waals surface area (Å²) in [5.41, 5.74) is 5.81. The van der Waals surface area contributed by atoms with Crippen LogP contribution in [0.15, 0.2) is 24.3 Å². The standard InChI is InChI=1S/C14H20N2O3/c15-13(18)14(19)6-1-7-16(10-14)8-11-2-4-12(9-17)5-3-11/h2-5,17,19H,1,6-10H2,(H2,15,18)/t14-/m0/s1. The van der Waals surface area contributed by atoms with Crippen molar-refractivity contribution in [2.75, 3.05) is 13.1 Å². The molecule has 0 aliphatic carbocycles. The molecule has 1 atom stereocenters. The van der Waals surface area contributed by atoms with Crippen LogP contribution in [0.3, 0.4) is 0 Å². The number of carbonyl (C=O) groups excluding carboxylic acids is 1. The lowest BCUT2D eigenvalue weighted by Crippen LogP contribution is -2.55. The number of aliphatic hydroxyl groups is 2. The van der Waals surface area contributed by atoms with Crippen molar-refractivity contribution in [2.45, 2.75) is 31.6 Å². The zero-order valence-electron chi connectivity index (χ0n) is 10.9. The highest BCUT2D eigenvalue weighted by atomic mass is 16.3. The highest BCUT2D eigenvalue weighted by Crippen LogP contribution is 2.22. The predicted octanol–water partition coefficient (Wildman–Crippen LogP) is -0.00890. The summed E-state index contributed by atoms with van der Waals surface area (Å²) < 4.78 is 0. The van der Waals surface area contributed by atoms with Crippen molar-refractivity contribution in [2.24, 2.45) is 5.73 Å². The van der Waals surface area contributed by atoms with Crippen molar-refractivity contribution in [1.82, 2.24) is 4.90 Å². The van der Waals surface area contributed by atoms with Gasteiger partial charge in [-0.2, -0.15) is 0 Å². The highest BCUT2D eigenvalue weighted by molar-refractivity contribution is 5.83. The zero-order valence-corrected chi connectivity index (χ0v) is 10.9. The van der Waals surface area contributed by atoms with E-state index in [1.165, 1.54) is 0 Å². The molecule has 1 saturated heterocycles. The minimum atomic E-state index is -1.40. The Bertz CT molecular complexity index is 447. The van der Waals surface area contributed by atoms with Crippen LogP contribution in [0.4, 0.5) is 0 Å². The lowest BCUT2D eigenvalue weighted by atomic mass is 9.92. The Kier molecular flexibility index (Phi) is 4.19. The first kappa shape index (κ1) is 14.0. The maximum Gasteiger partial charge on any atom is 0.250 e. The molecule has 19 heavy (non-hydrogen) atoms. The monoisotopic (exact) mass is 264 g/mol. The normalized spacial score (nSPS) is 24.3. The number of primary amides is 1. The molecule has 1 aliphatic heterocycles.